The molecule has 0 atom stereocenters. The SMILES string of the molecule is C=C(C)COc1cccc(N)c1.[Cl-]. The van der Waals surface area contributed by atoms with Gasteiger partial charge in [0.15, 0.2) is 0 Å². The molecular weight excluding hydrogens is 186 g/mol. The lowest BCUT2D eigenvalue weighted by Gasteiger charge is -2.05. The third-order valence-electron chi connectivity index (χ3n) is 1.34. The first-order chi connectivity index (χ1) is 5.68. The Hall–Kier alpha value is -1.15. The highest BCUT2D eigenvalue weighted by Crippen LogP contribution is 2.14. The van der Waals surface area contributed by atoms with Crippen LogP contribution in [0.2, 0.25) is 0 Å². The van der Waals surface area contributed by atoms with E-state index < -0.39 is 0 Å². The predicted molar refractivity (Wildman–Crippen MR) is 51.2 cm³/mol. The summed E-state index contributed by atoms with van der Waals surface area (Å²) in [5, 5.41) is 0. The summed E-state index contributed by atoms with van der Waals surface area (Å²) in [6.07, 6.45) is 0. The van der Waals surface area contributed by atoms with Crippen LogP contribution in [-0.2, 0) is 0 Å². The summed E-state index contributed by atoms with van der Waals surface area (Å²) in [6, 6.07) is 7.36. The summed E-state index contributed by atoms with van der Waals surface area (Å²) in [5.41, 5.74) is 7.28. The van der Waals surface area contributed by atoms with Crippen LogP contribution in [0.25, 0.3) is 0 Å². The smallest absolute Gasteiger partial charge is 0.121 e. The molecule has 2 N–H and O–H groups in total. The molecule has 0 unspecified atom stereocenters. The second-order valence-electron chi connectivity index (χ2n) is 2.82. The van der Waals surface area contributed by atoms with Crippen molar-refractivity contribution in [1.29, 1.82) is 0 Å². The molecule has 13 heavy (non-hydrogen) atoms. The van der Waals surface area contributed by atoms with Crippen molar-refractivity contribution in [3.8, 4) is 5.75 Å². The van der Waals surface area contributed by atoms with Gasteiger partial charge in [-0.2, -0.15) is 0 Å². The van der Waals surface area contributed by atoms with E-state index in [2.05, 4.69) is 6.58 Å². The molecule has 1 rings (SSSR count). The van der Waals surface area contributed by atoms with Crippen molar-refractivity contribution in [2.45, 2.75) is 6.92 Å². The quantitative estimate of drug-likeness (QED) is 0.512. The summed E-state index contributed by atoms with van der Waals surface area (Å²) in [5.74, 6) is 0.790. The van der Waals surface area contributed by atoms with Gasteiger partial charge in [0.1, 0.15) is 12.4 Å². The first-order valence-corrected chi connectivity index (χ1v) is 3.81. The molecule has 1 aromatic rings. The van der Waals surface area contributed by atoms with E-state index in [0.29, 0.717) is 12.3 Å². The van der Waals surface area contributed by atoms with Crippen LogP contribution in [-0.4, -0.2) is 6.61 Å². The number of rotatable bonds is 3. The molecule has 0 aliphatic rings. The molecule has 0 saturated carbocycles. The van der Waals surface area contributed by atoms with E-state index >= 15 is 0 Å². The zero-order valence-corrected chi connectivity index (χ0v) is 8.34. The van der Waals surface area contributed by atoms with Crippen LogP contribution < -0.4 is 22.9 Å². The van der Waals surface area contributed by atoms with E-state index in [9.17, 15) is 0 Å². The highest BCUT2D eigenvalue weighted by atomic mass is 35.5. The van der Waals surface area contributed by atoms with E-state index in [4.69, 9.17) is 10.5 Å². The van der Waals surface area contributed by atoms with Gasteiger partial charge in [0.25, 0.3) is 0 Å². The van der Waals surface area contributed by atoms with Crippen LogP contribution in [0.1, 0.15) is 6.92 Å². The molecule has 0 fully saturated rings. The third-order valence-corrected chi connectivity index (χ3v) is 1.34. The monoisotopic (exact) mass is 198 g/mol. The Balaban J connectivity index is 0.00000144. The lowest BCUT2D eigenvalue weighted by molar-refractivity contribution is -0.00000296. The minimum absolute atomic E-state index is 0. The molecule has 0 saturated heterocycles. The summed E-state index contributed by atoms with van der Waals surface area (Å²) in [7, 11) is 0. The zero-order valence-electron chi connectivity index (χ0n) is 7.59. The van der Waals surface area contributed by atoms with Gasteiger partial charge in [-0.25, -0.2) is 0 Å². The highest BCUT2D eigenvalue weighted by Gasteiger charge is 1.92. The average Bonchev–Trinajstić information content (AvgIpc) is 2.01. The van der Waals surface area contributed by atoms with Crippen molar-refractivity contribution in [2.75, 3.05) is 12.3 Å². The number of hydrogen-bond donors (Lipinski definition) is 1. The number of anilines is 1. The molecule has 0 spiro atoms. The van der Waals surface area contributed by atoms with Crippen molar-refractivity contribution in [3.63, 3.8) is 0 Å². The van der Waals surface area contributed by atoms with E-state index in [0.717, 1.165) is 11.3 Å². The lowest BCUT2D eigenvalue weighted by Crippen LogP contribution is -3.00. The second kappa shape index (κ2) is 5.49. The molecule has 72 valence electrons. The molecule has 0 bridgehead atoms. The predicted octanol–water partition coefficient (Wildman–Crippen LogP) is -0.772. The van der Waals surface area contributed by atoms with Gasteiger partial charge in [-0.3, -0.25) is 0 Å². The van der Waals surface area contributed by atoms with E-state index in [1.165, 1.54) is 0 Å². The van der Waals surface area contributed by atoms with Crippen LogP contribution in [0.3, 0.4) is 0 Å². The Morgan fingerprint density at radius 1 is 1.54 bits per heavy atom. The van der Waals surface area contributed by atoms with E-state index in [1.54, 1.807) is 6.07 Å². The Morgan fingerprint density at radius 2 is 2.23 bits per heavy atom. The Kier molecular flexibility index (Phi) is 5.00. The van der Waals surface area contributed by atoms with E-state index in [1.807, 2.05) is 25.1 Å². The van der Waals surface area contributed by atoms with Gasteiger partial charge in [-0.15, -0.1) is 0 Å². The third kappa shape index (κ3) is 4.43. The maximum Gasteiger partial charge on any atom is 0.121 e. The first kappa shape index (κ1) is 11.8. The lowest BCUT2D eigenvalue weighted by atomic mass is 10.3. The summed E-state index contributed by atoms with van der Waals surface area (Å²) in [4.78, 5) is 0. The molecule has 0 aliphatic heterocycles. The van der Waals surface area contributed by atoms with Gasteiger partial charge in [-0.05, 0) is 24.6 Å². The fraction of sp³-hybridized carbons (Fsp3) is 0.200. The number of hydrogen-bond acceptors (Lipinski definition) is 2. The fourth-order valence-electron chi connectivity index (χ4n) is 0.811. The van der Waals surface area contributed by atoms with Crippen LogP contribution in [0, 0.1) is 0 Å². The molecule has 0 amide bonds. The second-order valence-corrected chi connectivity index (χ2v) is 2.82. The zero-order chi connectivity index (χ0) is 8.97. The average molecular weight is 199 g/mol. The standard InChI is InChI=1S/C10H13NO.ClH/c1-8(2)7-12-10-5-3-4-9(11)6-10;/h3-6H,1,7,11H2,2H3;1H/p-1. The van der Waals surface area contributed by atoms with E-state index in [-0.39, 0.29) is 12.4 Å². The molecule has 3 heteroatoms. The topological polar surface area (TPSA) is 35.2 Å². The van der Waals surface area contributed by atoms with Gasteiger partial charge < -0.3 is 22.9 Å². The largest absolute Gasteiger partial charge is 1.00 e. The maximum absolute atomic E-state index is 5.56. The molecule has 0 aromatic heterocycles. The molecule has 2 nitrogen and oxygen atoms in total. The summed E-state index contributed by atoms with van der Waals surface area (Å²) in [6.45, 7) is 6.20. The minimum atomic E-state index is 0. The number of nitrogen functional groups attached to an aromatic ring is 1. The van der Waals surface area contributed by atoms with Crippen LogP contribution in [0.4, 0.5) is 5.69 Å². The maximum atomic E-state index is 5.56. The molecule has 1 aromatic carbocycles. The number of ether oxygens (including phenoxy) is 1. The van der Waals surface area contributed by atoms with Crippen molar-refractivity contribution < 1.29 is 17.1 Å². The number of nitrogens with two attached hydrogens (primary N) is 1. The van der Waals surface area contributed by atoms with Crippen LogP contribution in [0.5, 0.6) is 5.75 Å². The summed E-state index contributed by atoms with van der Waals surface area (Å²) >= 11 is 0. The Labute approximate surface area is 84.8 Å². The van der Waals surface area contributed by atoms with Gasteiger partial charge in [0.2, 0.25) is 0 Å². The molecular formula is C10H13ClNO-. The number of halogens is 1. The first-order valence-electron chi connectivity index (χ1n) is 3.81. The van der Waals surface area contributed by atoms with Crippen molar-refractivity contribution in [3.05, 3.63) is 36.4 Å². The Bertz CT molecular complexity index is 286. The van der Waals surface area contributed by atoms with Gasteiger partial charge >= 0.3 is 0 Å². The van der Waals surface area contributed by atoms with Crippen LogP contribution >= 0.6 is 0 Å². The fourth-order valence-corrected chi connectivity index (χ4v) is 0.811. The normalized spacial score (nSPS) is 8.69. The summed E-state index contributed by atoms with van der Waals surface area (Å²) < 4.78 is 5.37. The van der Waals surface area contributed by atoms with Gasteiger partial charge in [0, 0.05) is 11.8 Å². The minimum Gasteiger partial charge on any atom is -1.00 e. The molecule has 0 aliphatic carbocycles. The van der Waals surface area contributed by atoms with Gasteiger partial charge in [-0.1, -0.05) is 12.6 Å². The number of benzene rings is 1. The van der Waals surface area contributed by atoms with Crippen molar-refractivity contribution in [2.24, 2.45) is 0 Å². The Morgan fingerprint density at radius 3 is 2.77 bits per heavy atom. The van der Waals surface area contributed by atoms with Crippen LogP contribution in [0.15, 0.2) is 36.4 Å². The molecule has 0 radical (unpaired) electrons. The van der Waals surface area contributed by atoms with Crippen molar-refractivity contribution in [1.82, 2.24) is 0 Å². The molecule has 0 heterocycles. The van der Waals surface area contributed by atoms with Crippen molar-refractivity contribution >= 4 is 5.69 Å². The van der Waals surface area contributed by atoms with Gasteiger partial charge in [0.05, 0.1) is 0 Å². The highest BCUT2D eigenvalue weighted by molar-refractivity contribution is 5.43.